The van der Waals surface area contributed by atoms with Gasteiger partial charge in [-0.3, -0.25) is 0 Å². The van der Waals surface area contributed by atoms with E-state index in [1.54, 1.807) is 0 Å². The van der Waals surface area contributed by atoms with Crippen LogP contribution in [-0.2, 0) is 10.0 Å². The fourth-order valence-corrected chi connectivity index (χ4v) is 2.66. The molecular formula is C9H8N2O2S2. The second-order valence-corrected chi connectivity index (χ2v) is 5.25. The lowest BCUT2D eigenvalue weighted by atomic mass is 10.2. The maximum Gasteiger partial charge on any atom is 0.256 e. The molecule has 6 heteroatoms. The van der Waals surface area contributed by atoms with Gasteiger partial charge in [-0.1, -0.05) is 30.3 Å². The number of benzene rings is 1. The van der Waals surface area contributed by atoms with Gasteiger partial charge in [0.15, 0.2) is 5.03 Å². The molecule has 0 aliphatic carbocycles. The molecular weight excluding hydrogens is 232 g/mol. The summed E-state index contributed by atoms with van der Waals surface area (Å²) >= 11 is 1.12. The smallest absolute Gasteiger partial charge is 0.223 e. The predicted molar refractivity (Wildman–Crippen MR) is 58.9 cm³/mol. The molecule has 0 saturated heterocycles. The Labute approximate surface area is 91.6 Å². The van der Waals surface area contributed by atoms with Crippen molar-refractivity contribution >= 4 is 21.6 Å². The highest BCUT2D eigenvalue weighted by Crippen LogP contribution is 2.25. The number of sulfonamides is 1. The van der Waals surface area contributed by atoms with Gasteiger partial charge in [0.1, 0.15) is 0 Å². The minimum Gasteiger partial charge on any atom is -0.223 e. The fourth-order valence-electron chi connectivity index (χ4n) is 1.13. The summed E-state index contributed by atoms with van der Waals surface area (Å²) in [5, 5.41) is 4.89. The van der Waals surface area contributed by atoms with Gasteiger partial charge in [-0.05, 0) is 23.2 Å². The summed E-state index contributed by atoms with van der Waals surface area (Å²) < 4.78 is 25.8. The van der Waals surface area contributed by atoms with Gasteiger partial charge in [-0.15, -0.1) is 0 Å². The summed E-state index contributed by atoms with van der Waals surface area (Å²) in [5.74, 6) is 0. The van der Waals surface area contributed by atoms with Crippen molar-refractivity contribution in [2.45, 2.75) is 5.03 Å². The van der Waals surface area contributed by atoms with Crippen molar-refractivity contribution in [1.29, 1.82) is 0 Å². The SMILES string of the molecule is NS(=O)(=O)c1cc(-c2ccccc2)sn1. The molecule has 2 aromatic rings. The quantitative estimate of drug-likeness (QED) is 0.863. The zero-order valence-electron chi connectivity index (χ0n) is 7.62. The van der Waals surface area contributed by atoms with Crippen LogP contribution in [0, 0.1) is 0 Å². The number of primary sulfonamides is 1. The van der Waals surface area contributed by atoms with E-state index in [1.807, 2.05) is 30.3 Å². The molecule has 0 saturated carbocycles. The Morgan fingerprint density at radius 3 is 2.40 bits per heavy atom. The molecule has 0 unspecified atom stereocenters. The zero-order chi connectivity index (χ0) is 10.9. The van der Waals surface area contributed by atoms with Gasteiger partial charge in [0.05, 0.1) is 4.88 Å². The minimum absolute atomic E-state index is 0.0775. The van der Waals surface area contributed by atoms with Crippen LogP contribution in [-0.4, -0.2) is 12.8 Å². The van der Waals surface area contributed by atoms with Crippen LogP contribution >= 0.6 is 11.5 Å². The summed E-state index contributed by atoms with van der Waals surface area (Å²) in [5.41, 5.74) is 0.935. The Morgan fingerprint density at radius 2 is 1.87 bits per heavy atom. The first-order chi connectivity index (χ1) is 7.07. The highest BCUT2D eigenvalue weighted by Gasteiger charge is 2.13. The first kappa shape index (κ1) is 10.3. The summed E-state index contributed by atoms with van der Waals surface area (Å²) in [4.78, 5) is 0.791. The van der Waals surface area contributed by atoms with Crippen molar-refractivity contribution in [2.24, 2.45) is 5.14 Å². The molecule has 2 N–H and O–H groups in total. The number of hydrogen-bond donors (Lipinski definition) is 1. The molecule has 0 atom stereocenters. The predicted octanol–water partition coefficient (Wildman–Crippen LogP) is 1.46. The van der Waals surface area contributed by atoms with Crippen LogP contribution < -0.4 is 5.14 Å². The highest BCUT2D eigenvalue weighted by molar-refractivity contribution is 7.89. The Morgan fingerprint density at radius 1 is 1.20 bits per heavy atom. The van der Waals surface area contributed by atoms with E-state index in [9.17, 15) is 8.42 Å². The normalized spacial score (nSPS) is 11.5. The van der Waals surface area contributed by atoms with E-state index in [0.717, 1.165) is 22.0 Å². The molecule has 0 amide bonds. The Hall–Kier alpha value is -1.24. The lowest BCUT2D eigenvalue weighted by Crippen LogP contribution is -2.11. The molecule has 0 aliphatic rings. The van der Waals surface area contributed by atoms with Crippen molar-refractivity contribution in [3.63, 3.8) is 0 Å². The third kappa shape index (κ3) is 2.23. The molecule has 1 heterocycles. The van der Waals surface area contributed by atoms with Crippen LogP contribution in [0.4, 0.5) is 0 Å². The van der Waals surface area contributed by atoms with Crippen LogP contribution in [0.3, 0.4) is 0 Å². The largest absolute Gasteiger partial charge is 0.256 e. The summed E-state index contributed by atoms with van der Waals surface area (Å²) in [6, 6.07) is 10.9. The van der Waals surface area contributed by atoms with E-state index in [-0.39, 0.29) is 5.03 Å². The lowest BCUT2D eigenvalue weighted by molar-refractivity contribution is 0.595. The molecule has 0 fully saturated rings. The van der Waals surface area contributed by atoms with E-state index < -0.39 is 10.0 Å². The average Bonchev–Trinajstić information content (AvgIpc) is 2.67. The van der Waals surface area contributed by atoms with Gasteiger partial charge in [-0.25, -0.2) is 13.6 Å². The number of aromatic nitrogens is 1. The van der Waals surface area contributed by atoms with Crippen molar-refractivity contribution in [3.05, 3.63) is 36.4 Å². The zero-order valence-corrected chi connectivity index (χ0v) is 9.25. The second kappa shape index (κ2) is 3.73. The van der Waals surface area contributed by atoms with Crippen molar-refractivity contribution in [2.75, 3.05) is 0 Å². The summed E-state index contributed by atoms with van der Waals surface area (Å²) in [7, 11) is -3.69. The molecule has 2 rings (SSSR count). The molecule has 0 bridgehead atoms. The van der Waals surface area contributed by atoms with E-state index in [2.05, 4.69) is 4.37 Å². The van der Waals surface area contributed by atoms with Crippen LogP contribution in [0.25, 0.3) is 10.4 Å². The van der Waals surface area contributed by atoms with Crippen molar-refractivity contribution < 1.29 is 8.42 Å². The van der Waals surface area contributed by atoms with Crippen LogP contribution in [0.2, 0.25) is 0 Å². The van der Waals surface area contributed by atoms with Gasteiger partial charge < -0.3 is 0 Å². The maximum atomic E-state index is 11.0. The van der Waals surface area contributed by atoms with Gasteiger partial charge in [0.2, 0.25) is 0 Å². The van der Waals surface area contributed by atoms with Gasteiger partial charge >= 0.3 is 0 Å². The van der Waals surface area contributed by atoms with Gasteiger partial charge in [-0.2, -0.15) is 4.37 Å². The summed E-state index contributed by atoms with van der Waals surface area (Å²) in [6.45, 7) is 0. The standard InChI is InChI=1S/C9H8N2O2S2/c10-15(12,13)9-6-8(14-11-9)7-4-2-1-3-5-7/h1-6H,(H2,10,12,13). The molecule has 4 nitrogen and oxygen atoms in total. The van der Waals surface area contributed by atoms with Gasteiger partial charge in [0.25, 0.3) is 10.0 Å². The summed E-state index contributed by atoms with van der Waals surface area (Å²) in [6.07, 6.45) is 0. The Balaban J connectivity index is 2.46. The van der Waals surface area contributed by atoms with Crippen LogP contribution in [0.1, 0.15) is 0 Å². The molecule has 1 aromatic carbocycles. The van der Waals surface area contributed by atoms with E-state index >= 15 is 0 Å². The number of rotatable bonds is 2. The molecule has 0 radical (unpaired) electrons. The third-order valence-electron chi connectivity index (χ3n) is 1.84. The fraction of sp³-hybridized carbons (Fsp3) is 0. The molecule has 0 aliphatic heterocycles. The highest BCUT2D eigenvalue weighted by atomic mass is 32.2. The van der Waals surface area contributed by atoms with E-state index in [4.69, 9.17) is 5.14 Å². The van der Waals surface area contributed by atoms with E-state index in [0.29, 0.717) is 0 Å². The van der Waals surface area contributed by atoms with Crippen molar-refractivity contribution in [3.8, 4) is 10.4 Å². The lowest BCUT2D eigenvalue weighted by Gasteiger charge is -1.92. The molecule has 1 aromatic heterocycles. The molecule has 0 spiro atoms. The van der Waals surface area contributed by atoms with E-state index in [1.165, 1.54) is 6.07 Å². The number of hydrogen-bond acceptors (Lipinski definition) is 4. The minimum atomic E-state index is -3.69. The monoisotopic (exact) mass is 240 g/mol. The Bertz CT molecular complexity index is 561. The van der Waals surface area contributed by atoms with Crippen LogP contribution in [0.15, 0.2) is 41.4 Å². The van der Waals surface area contributed by atoms with Crippen molar-refractivity contribution in [1.82, 2.24) is 4.37 Å². The second-order valence-electron chi connectivity index (χ2n) is 2.94. The average molecular weight is 240 g/mol. The number of nitrogens with two attached hydrogens (primary N) is 1. The molecule has 78 valence electrons. The first-order valence-corrected chi connectivity index (χ1v) is 6.44. The number of nitrogens with zero attached hydrogens (tertiary/aromatic N) is 1. The third-order valence-corrected chi connectivity index (χ3v) is 3.58. The molecule has 15 heavy (non-hydrogen) atoms. The Kier molecular flexibility index (Phi) is 2.56. The topological polar surface area (TPSA) is 73.1 Å². The maximum absolute atomic E-state index is 11.0. The van der Waals surface area contributed by atoms with Crippen LogP contribution in [0.5, 0.6) is 0 Å². The first-order valence-electron chi connectivity index (χ1n) is 4.12. The van der Waals surface area contributed by atoms with Gasteiger partial charge in [0, 0.05) is 0 Å².